The molecule has 0 spiro atoms. The summed E-state index contributed by atoms with van der Waals surface area (Å²) in [5.74, 6) is 0. The van der Waals surface area contributed by atoms with E-state index in [1.54, 1.807) is 0 Å². The Morgan fingerprint density at radius 1 is 1.83 bits per heavy atom. The Hall–Kier alpha value is 0.210. The predicted octanol–water partition coefficient (Wildman–Crippen LogP) is -0.0161. The molecule has 3 heteroatoms. The molecule has 1 aliphatic rings. The van der Waals surface area contributed by atoms with Crippen molar-refractivity contribution < 1.29 is 4.74 Å². The maximum Gasteiger partial charge on any atom is 0.131 e. The maximum atomic E-state index is 4.75. The van der Waals surface area contributed by atoms with Crippen molar-refractivity contribution in [3.05, 3.63) is 0 Å². The molecule has 1 unspecified atom stereocenters. The van der Waals surface area contributed by atoms with Crippen LogP contribution >= 0.6 is 12.4 Å². The molecule has 1 atom stereocenters. The Balaban J connectivity index is 0.000000250. The van der Waals surface area contributed by atoms with Gasteiger partial charge in [0.25, 0.3) is 0 Å². The number of likely N-dealkylation sites (N-methyl/N-ethyl adjacent to an activating group) is 1. The van der Waals surface area contributed by atoms with E-state index in [0.717, 1.165) is 6.61 Å². The standard InChI is InChI=1S/C3H7NO.ClH/c1-4-3-2-5-3;/h3-4H,2H2,1H3;1H. The van der Waals surface area contributed by atoms with Gasteiger partial charge in [-0.05, 0) is 7.05 Å². The summed E-state index contributed by atoms with van der Waals surface area (Å²) in [6.07, 6.45) is 0.384. The maximum absolute atomic E-state index is 4.75. The third kappa shape index (κ3) is 1.60. The van der Waals surface area contributed by atoms with Crippen LogP contribution in [0.25, 0.3) is 0 Å². The van der Waals surface area contributed by atoms with Gasteiger partial charge in [0.15, 0.2) is 0 Å². The summed E-state index contributed by atoms with van der Waals surface area (Å²) in [6, 6.07) is 0. The molecular weight excluding hydrogens is 101 g/mol. The molecule has 1 N–H and O–H groups in total. The van der Waals surface area contributed by atoms with Gasteiger partial charge in [-0.3, -0.25) is 5.32 Å². The van der Waals surface area contributed by atoms with Gasteiger partial charge < -0.3 is 4.74 Å². The summed E-state index contributed by atoms with van der Waals surface area (Å²) in [4.78, 5) is 0. The van der Waals surface area contributed by atoms with Gasteiger partial charge in [0.2, 0.25) is 0 Å². The highest BCUT2D eigenvalue weighted by Crippen LogP contribution is 2.00. The van der Waals surface area contributed by atoms with Gasteiger partial charge in [0.05, 0.1) is 6.61 Å². The molecule has 1 fully saturated rings. The molecule has 6 heavy (non-hydrogen) atoms. The van der Waals surface area contributed by atoms with Gasteiger partial charge in [-0.25, -0.2) is 0 Å². The number of hydrogen-bond acceptors (Lipinski definition) is 2. The van der Waals surface area contributed by atoms with Crippen molar-refractivity contribution in [2.45, 2.75) is 6.23 Å². The van der Waals surface area contributed by atoms with Crippen molar-refractivity contribution in [1.29, 1.82) is 0 Å². The predicted molar refractivity (Wildman–Crippen MR) is 26.0 cm³/mol. The van der Waals surface area contributed by atoms with Gasteiger partial charge in [0, 0.05) is 0 Å². The van der Waals surface area contributed by atoms with E-state index in [0.29, 0.717) is 6.23 Å². The van der Waals surface area contributed by atoms with Crippen molar-refractivity contribution in [3.63, 3.8) is 0 Å². The van der Waals surface area contributed by atoms with Gasteiger partial charge in [-0.2, -0.15) is 0 Å². The first-order valence-corrected chi connectivity index (χ1v) is 1.72. The van der Waals surface area contributed by atoms with Crippen molar-refractivity contribution in [2.75, 3.05) is 13.7 Å². The number of halogens is 1. The minimum Gasteiger partial charge on any atom is -0.357 e. The van der Waals surface area contributed by atoms with Crippen molar-refractivity contribution in [2.24, 2.45) is 0 Å². The van der Waals surface area contributed by atoms with Crippen LogP contribution in [0.1, 0.15) is 0 Å². The molecule has 0 bridgehead atoms. The summed E-state index contributed by atoms with van der Waals surface area (Å²) in [5.41, 5.74) is 0. The van der Waals surface area contributed by atoms with Crippen LogP contribution in [0, 0.1) is 0 Å². The molecular formula is C3H8ClNO. The van der Waals surface area contributed by atoms with E-state index in [4.69, 9.17) is 4.74 Å². The molecule has 0 aromatic carbocycles. The summed E-state index contributed by atoms with van der Waals surface area (Å²) < 4.78 is 4.75. The average molecular weight is 110 g/mol. The number of ether oxygens (including phenoxy) is 1. The third-order valence-corrected chi connectivity index (χ3v) is 0.655. The van der Waals surface area contributed by atoms with Crippen LogP contribution in [0.3, 0.4) is 0 Å². The second-order valence-electron chi connectivity index (χ2n) is 1.11. The van der Waals surface area contributed by atoms with E-state index in [1.165, 1.54) is 0 Å². The number of hydrogen-bond donors (Lipinski definition) is 1. The van der Waals surface area contributed by atoms with Crippen LogP contribution in [0.15, 0.2) is 0 Å². The lowest BCUT2D eigenvalue weighted by molar-refractivity contribution is 0.384. The molecule has 0 saturated carbocycles. The normalized spacial score (nSPS) is 28.5. The van der Waals surface area contributed by atoms with Crippen molar-refractivity contribution in [1.82, 2.24) is 5.32 Å². The summed E-state index contributed by atoms with van der Waals surface area (Å²) >= 11 is 0. The Morgan fingerprint density at radius 3 is 2.33 bits per heavy atom. The second kappa shape index (κ2) is 2.39. The SMILES string of the molecule is CNC1CO1.Cl. The van der Waals surface area contributed by atoms with Gasteiger partial charge >= 0.3 is 0 Å². The van der Waals surface area contributed by atoms with Gasteiger partial charge in [-0.1, -0.05) is 0 Å². The van der Waals surface area contributed by atoms with Crippen LogP contribution in [-0.4, -0.2) is 19.9 Å². The second-order valence-corrected chi connectivity index (χ2v) is 1.11. The smallest absolute Gasteiger partial charge is 0.131 e. The average Bonchev–Trinajstić information content (AvgIpc) is 2.12. The van der Waals surface area contributed by atoms with E-state index < -0.39 is 0 Å². The summed E-state index contributed by atoms with van der Waals surface area (Å²) in [7, 11) is 1.89. The molecule has 0 radical (unpaired) electrons. The first-order chi connectivity index (χ1) is 2.43. The van der Waals surface area contributed by atoms with E-state index in [1.807, 2.05) is 7.05 Å². The Kier molecular flexibility index (Phi) is 2.48. The highest BCUT2D eigenvalue weighted by Gasteiger charge is 2.18. The number of rotatable bonds is 1. The Labute approximate surface area is 43.3 Å². The molecule has 0 aromatic rings. The van der Waals surface area contributed by atoms with Crippen molar-refractivity contribution in [3.8, 4) is 0 Å². The fraction of sp³-hybridized carbons (Fsp3) is 1.00. The van der Waals surface area contributed by atoms with Crippen LogP contribution in [0.4, 0.5) is 0 Å². The van der Waals surface area contributed by atoms with Crippen LogP contribution in [0.5, 0.6) is 0 Å². The fourth-order valence-corrected chi connectivity index (χ4v) is 0.215. The lowest BCUT2D eigenvalue weighted by Gasteiger charge is -1.76. The molecule has 0 aromatic heterocycles. The lowest BCUT2D eigenvalue weighted by atomic mass is 10.8. The van der Waals surface area contributed by atoms with Gasteiger partial charge in [-0.15, -0.1) is 12.4 Å². The van der Waals surface area contributed by atoms with E-state index in [-0.39, 0.29) is 12.4 Å². The van der Waals surface area contributed by atoms with Gasteiger partial charge in [0.1, 0.15) is 6.23 Å². The molecule has 1 saturated heterocycles. The largest absolute Gasteiger partial charge is 0.357 e. The summed E-state index contributed by atoms with van der Waals surface area (Å²) in [6.45, 7) is 0.899. The minimum absolute atomic E-state index is 0. The Bertz CT molecular complexity index is 37.8. The van der Waals surface area contributed by atoms with Crippen LogP contribution < -0.4 is 5.32 Å². The quantitative estimate of drug-likeness (QED) is 0.479. The molecule has 2 nitrogen and oxygen atoms in total. The fourth-order valence-electron chi connectivity index (χ4n) is 0.215. The zero-order valence-corrected chi connectivity index (χ0v) is 4.42. The molecule has 1 rings (SSSR count). The monoisotopic (exact) mass is 109 g/mol. The van der Waals surface area contributed by atoms with E-state index in [9.17, 15) is 0 Å². The lowest BCUT2D eigenvalue weighted by Crippen LogP contribution is -2.08. The van der Waals surface area contributed by atoms with Crippen molar-refractivity contribution >= 4 is 12.4 Å². The van der Waals surface area contributed by atoms with E-state index >= 15 is 0 Å². The highest BCUT2D eigenvalue weighted by molar-refractivity contribution is 5.85. The molecule has 1 aliphatic heterocycles. The molecule has 0 amide bonds. The Morgan fingerprint density at radius 2 is 2.33 bits per heavy atom. The first kappa shape index (κ1) is 6.21. The van der Waals surface area contributed by atoms with Crippen LogP contribution in [-0.2, 0) is 4.74 Å². The first-order valence-electron chi connectivity index (χ1n) is 1.72. The minimum atomic E-state index is 0. The molecule has 1 heterocycles. The third-order valence-electron chi connectivity index (χ3n) is 0.655. The van der Waals surface area contributed by atoms with Crippen LogP contribution in [0.2, 0.25) is 0 Å². The molecule has 0 aliphatic carbocycles. The highest BCUT2D eigenvalue weighted by atomic mass is 35.5. The molecule has 38 valence electrons. The van der Waals surface area contributed by atoms with E-state index in [2.05, 4.69) is 5.32 Å². The topological polar surface area (TPSA) is 24.6 Å². The zero-order valence-electron chi connectivity index (χ0n) is 3.60. The summed E-state index contributed by atoms with van der Waals surface area (Å²) in [5, 5.41) is 2.92. The number of epoxide rings is 1. The number of nitrogens with one attached hydrogen (secondary N) is 1. The zero-order chi connectivity index (χ0) is 3.70.